The van der Waals surface area contributed by atoms with E-state index in [1.54, 1.807) is 0 Å². The highest BCUT2D eigenvalue weighted by Crippen LogP contribution is 2.16. The number of aliphatic hydroxyl groups is 1. The van der Waals surface area contributed by atoms with Crippen LogP contribution in [0, 0.1) is 0 Å². The Balaban J connectivity index is 4.45. The van der Waals surface area contributed by atoms with Gasteiger partial charge in [0.15, 0.2) is 5.60 Å². The lowest BCUT2D eigenvalue weighted by atomic mass is 9.92. The summed E-state index contributed by atoms with van der Waals surface area (Å²) in [7, 11) is 0. The minimum Gasteiger partial charge on any atom is -0.480 e. The van der Waals surface area contributed by atoms with Crippen molar-refractivity contribution in [3.63, 3.8) is 0 Å². The van der Waals surface area contributed by atoms with Crippen LogP contribution in [0.1, 0.15) is 19.8 Å². The lowest BCUT2D eigenvalue weighted by Crippen LogP contribution is -2.46. The molecule has 0 radical (unpaired) electrons. The van der Waals surface area contributed by atoms with Crippen LogP contribution in [-0.4, -0.2) is 38.9 Å². The van der Waals surface area contributed by atoms with Gasteiger partial charge in [-0.3, -0.25) is 4.79 Å². The van der Waals surface area contributed by atoms with Gasteiger partial charge in [-0.05, 0) is 6.42 Å². The molecule has 0 bridgehead atoms. The summed E-state index contributed by atoms with van der Waals surface area (Å²) in [6, 6.07) is -1.36. The number of carboxylic acid groups (broad SMARTS) is 2. The molecule has 0 aliphatic carbocycles. The van der Waals surface area contributed by atoms with Gasteiger partial charge in [0.2, 0.25) is 0 Å². The second-order valence-corrected chi connectivity index (χ2v) is 2.84. The summed E-state index contributed by atoms with van der Waals surface area (Å²) < 4.78 is 0. The van der Waals surface area contributed by atoms with Crippen LogP contribution in [0.4, 0.5) is 0 Å². The minimum atomic E-state index is -2.04. The van der Waals surface area contributed by atoms with Crippen molar-refractivity contribution in [2.75, 3.05) is 0 Å². The normalized spacial score (nSPS) is 17.5. The van der Waals surface area contributed by atoms with E-state index < -0.39 is 30.0 Å². The molecule has 0 aromatic heterocycles. The fourth-order valence-corrected chi connectivity index (χ4v) is 0.834. The van der Waals surface area contributed by atoms with Crippen molar-refractivity contribution in [2.45, 2.75) is 31.4 Å². The van der Waals surface area contributed by atoms with Gasteiger partial charge in [0.25, 0.3) is 0 Å². The van der Waals surface area contributed by atoms with Crippen molar-refractivity contribution in [3.8, 4) is 0 Å². The number of rotatable bonds is 5. The fraction of sp³-hybridized carbons (Fsp3) is 0.714. The van der Waals surface area contributed by atoms with Gasteiger partial charge < -0.3 is 21.1 Å². The molecular weight excluding hydrogens is 178 g/mol. The molecule has 0 rings (SSSR count). The number of hydrogen-bond acceptors (Lipinski definition) is 4. The Morgan fingerprint density at radius 2 is 1.92 bits per heavy atom. The zero-order chi connectivity index (χ0) is 10.6. The molecule has 0 aromatic carbocycles. The van der Waals surface area contributed by atoms with Crippen molar-refractivity contribution in [3.05, 3.63) is 0 Å². The molecule has 0 spiro atoms. The molecule has 76 valence electrons. The van der Waals surface area contributed by atoms with Crippen molar-refractivity contribution < 1.29 is 24.9 Å². The van der Waals surface area contributed by atoms with Crippen molar-refractivity contribution in [1.82, 2.24) is 0 Å². The standard InChI is InChI=1S/C7H13NO5/c1-2-7(13,6(11)12)3-4(8)5(9)10/h4,13H,2-3,8H2,1H3,(H,9,10)(H,11,12)/t4-,7?/m0/s1. The highest BCUT2D eigenvalue weighted by Gasteiger charge is 2.37. The number of carbonyl (C=O) groups is 2. The minimum absolute atomic E-state index is 0.0800. The number of nitrogens with two attached hydrogens (primary N) is 1. The molecule has 6 heteroatoms. The van der Waals surface area contributed by atoms with Gasteiger partial charge in [-0.25, -0.2) is 4.79 Å². The Kier molecular flexibility index (Phi) is 3.83. The van der Waals surface area contributed by atoms with Crippen molar-refractivity contribution in [1.29, 1.82) is 0 Å². The third-order valence-corrected chi connectivity index (χ3v) is 1.86. The first-order chi connectivity index (χ1) is 5.83. The molecule has 13 heavy (non-hydrogen) atoms. The van der Waals surface area contributed by atoms with E-state index in [9.17, 15) is 14.7 Å². The summed E-state index contributed by atoms with van der Waals surface area (Å²) in [6.45, 7) is 1.45. The molecule has 0 fully saturated rings. The molecule has 5 N–H and O–H groups in total. The predicted molar refractivity (Wildman–Crippen MR) is 43.1 cm³/mol. The quantitative estimate of drug-likeness (QED) is 0.443. The molecule has 0 aliphatic rings. The zero-order valence-corrected chi connectivity index (χ0v) is 7.23. The van der Waals surface area contributed by atoms with Crippen LogP contribution in [0.5, 0.6) is 0 Å². The maximum Gasteiger partial charge on any atom is 0.335 e. The van der Waals surface area contributed by atoms with Crippen LogP contribution in [0.2, 0.25) is 0 Å². The van der Waals surface area contributed by atoms with Gasteiger partial charge in [-0.2, -0.15) is 0 Å². The molecule has 0 aromatic rings. The van der Waals surface area contributed by atoms with Gasteiger partial charge >= 0.3 is 11.9 Å². The highest BCUT2D eigenvalue weighted by molar-refractivity contribution is 5.79. The van der Waals surface area contributed by atoms with Crippen LogP contribution >= 0.6 is 0 Å². The maximum atomic E-state index is 10.5. The second kappa shape index (κ2) is 4.20. The summed E-state index contributed by atoms with van der Waals surface area (Å²) >= 11 is 0. The molecule has 0 heterocycles. The zero-order valence-electron chi connectivity index (χ0n) is 7.23. The second-order valence-electron chi connectivity index (χ2n) is 2.84. The summed E-state index contributed by atoms with van der Waals surface area (Å²) in [4.78, 5) is 20.8. The van der Waals surface area contributed by atoms with Gasteiger partial charge in [0.1, 0.15) is 6.04 Å². The Hall–Kier alpha value is -1.14. The van der Waals surface area contributed by atoms with Crippen LogP contribution in [-0.2, 0) is 9.59 Å². The Labute approximate surface area is 75.0 Å². The summed E-state index contributed by atoms with van der Waals surface area (Å²) in [5.74, 6) is -2.78. The molecule has 0 saturated carbocycles. The van der Waals surface area contributed by atoms with Gasteiger partial charge in [-0.15, -0.1) is 0 Å². The van der Waals surface area contributed by atoms with E-state index >= 15 is 0 Å². The van der Waals surface area contributed by atoms with Crippen molar-refractivity contribution in [2.24, 2.45) is 5.73 Å². The van der Waals surface area contributed by atoms with E-state index in [4.69, 9.17) is 15.9 Å². The molecule has 0 amide bonds. The summed E-state index contributed by atoms with van der Waals surface area (Å²) in [5.41, 5.74) is 3.05. The molecule has 2 atom stereocenters. The maximum absolute atomic E-state index is 10.5. The lowest BCUT2D eigenvalue weighted by molar-refractivity contribution is -0.161. The van der Waals surface area contributed by atoms with Gasteiger partial charge in [-0.1, -0.05) is 6.92 Å². The SMILES string of the molecule is CCC(O)(C[C@H](N)C(=O)O)C(=O)O. The van der Waals surface area contributed by atoms with Gasteiger partial charge in [0, 0.05) is 6.42 Å². The predicted octanol–water partition coefficient (Wildman–Crippen LogP) is -0.986. The first-order valence-electron chi connectivity index (χ1n) is 3.77. The Morgan fingerprint density at radius 1 is 1.46 bits per heavy atom. The number of aliphatic carboxylic acids is 2. The molecule has 0 aliphatic heterocycles. The summed E-state index contributed by atoms with van der Waals surface area (Å²) in [6.07, 6.45) is -0.572. The van der Waals surface area contributed by atoms with Crippen molar-refractivity contribution >= 4 is 11.9 Å². The van der Waals surface area contributed by atoms with Crippen LogP contribution in [0.15, 0.2) is 0 Å². The van der Waals surface area contributed by atoms with E-state index in [1.165, 1.54) is 6.92 Å². The third-order valence-electron chi connectivity index (χ3n) is 1.86. The first kappa shape index (κ1) is 11.9. The average Bonchev–Trinajstić information content (AvgIpc) is 2.03. The molecular formula is C7H13NO5. The van der Waals surface area contributed by atoms with Gasteiger partial charge in [0.05, 0.1) is 0 Å². The van der Waals surface area contributed by atoms with E-state index in [0.29, 0.717) is 0 Å². The molecule has 6 nitrogen and oxygen atoms in total. The van der Waals surface area contributed by atoms with E-state index in [-0.39, 0.29) is 6.42 Å². The summed E-state index contributed by atoms with van der Waals surface area (Å²) in [5, 5.41) is 26.3. The largest absolute Gasteiger partial charge is 0.480 e. The van der Waals surface area contributed by atoms with E-state index in [1.807, 2.05) is 0 Å². The average molecular weight is 191 g/mol. The van der Waals surface area contributed by atoms with E-state index in [0.717, 1.165) is 0 Å². The monoisotopic (exact) mass is 191 g/mol. The number of carboxylic acids is 2. The van der Waals surface area contributed by atoms with Crippen LogP contribution in [0.25, 0.3) is 0 Å². The Bertz CT molecular complexity index is 217. The fourth-order valence-electron chi connectivity index (χ4n) is 0.834. The third kappa shape index (κ3) is 3.00. The lowest BCUT2D eigenvalue weighted by Gasteiger charge is -2.23. The van der Waals surface area contributed by atoms with E-state index in [2.05, 4.69) is 0 Å². The highest BCUT2D eigenvalue weighted by atomic mass is 16.4. The first-order valence-corrected chi connectivity index (χ1v) is 3.77. The van der Waals surface area contributed by atoms with Crippen LogP contribution < -0.4 is 5.73 Å². The molecule has 0 saturated heterocycles. The Morgan fingerprint density at radius 3 is 2.15 bits per heavy atom. The topological polar surface area (TPSA) is 121 Å². The van der Waals surface area contributed by atoms with Crippen LogP contribution in [0.3, 0.4) is 0 Å². The molecule has 1 unspecified atom stereocenters. The smallest absolute Gasteiger partial charge is 0.335 e. The number of hydrogen-bond donors (Lipinski definition) is 4.